The number of halogens is 5. The Morgan fingerprint density at radius 2 is 1.85 bits per heavy atom. The van der Waals surface area contributed by atoms with Gasteiger partial charge in [0.25, 0.3) is 15.9 Å². The van der Waals surface area contributed by atoms with Crippen molar-refractivity contribution in [1.82, 2.24) is 10.3 Å². The first-order valence-electron chi connectivity index (χ1n) is 11.4. The van der Waals surface area contributed by atoms with E-state index in [1.54, 1.807) is 0 Å². The van der Waals surface area contributed by atoms with E-state index in [2.05, 4.69) is 10.3 Å². The zero-order valence-corrected chi connectivity index (χ0v) is 21.3. The average molecular weight is 572 g/mol. The quantitative estimate of drug-likeness (QED) is 0.435. The Balaban J connectivity index is 1.80. The number of hydrogen-bond acceptors (Lipinski definition) is 6. The Morgan fingerprint density at radius 1 is 1.13 bits per heavy atom. The van der Waals surface area contributed by atoms with Crippen molar-refractivity contribution < 1.29 is 45.0 Å². The number of pyridine rings is 1. The number of carbonyl (C=O) groups excluding carboxylic acids is 1. The summed E-state index contributed by atoms with van der Waals surface area (Å²) in [6.07, 6.45) is -4.67. The number of amides is 1. The number of ether oxygens (including phenoxy) is 1. The van der Waals surface area contributed by atoms with Crippen LogP contribution in [0, 0.1) is 11.6 Å². The average Bonchev–Trinajstić information content (AvgIpc) is 2.86. The number of aliphatic hydroxyl groups is 1. The van der Waals surface area contributed by atoms with Gasteiger partial charge in [-0.3, -0.25) is 14.1 Å². The summed E-state index contributed by atoms with van der Waals surface area (Å²) in [5.74, 6) is -2.36. The molecule has 0 bridgehead atoms. The minimum Gasteiger partial charge on any atom is -0.484 e. The third-order valence-electron chi connectivity index (χ3n) is 5.80. The van der Waals surface area contributed by atoms with Crippen molar-refractivity contribution in [3.05, 3.63) is 72.1 Å². The van der Waals surface area contributed by atoms with Crippen LogP contribution in [0.15, 0.2) is 59.8 Å². The zero-order valence-electron chi connectivity index (χ0n) is 20.5. The molecule has 0 radical (unpaired) electrons. The Kier molecular flexibility index (Phi) is 7.29. The number of hydrogen-bond donors (Lipinski definition) is 2. The smallest absolute Gasteiger partial charge is 0.417 e. The number of fused-ring (bicyclic) bond motifs is 1. The minimum absolute atomic E-state index is 0.0483. The molecule has 39 heavy (non-hydrogen) atoms. The molecular formula is C25H22F5N3O5S. The molecule has 2 N–H and O–H groups in total. The molecule has 1 atom stereocenters. The second-order valence-electron chi connectivity index (χ2n) is 9.26. The van der Waals surface area contributed by atoms with E-state index in [9.17, 15) is 40.3 Å². The molecule has 2 heterocycles. The molecule has 0 unspecified atom stereocenters. The molecule has 208 valence electrons. The monoisotopic (exact) mass is 571 g/mol. The van der Waals surface area contributed by atoms with E-state index in [0.29, 0.717) is 12.3 Å². The highest BCUT2D eigenvalue weighted by molar-refractivity contribution is 7.92. The van der Waals surface area contributed by atoms with Gasteiger partial charge in [-0.1, -0.05) is 6.07 Å². The summed E-state index contributed by atoms with van der Waals surface area (Å²) in [7, 11) is -4.71. The summed E-state index contributed by atoms with van der Waals surface area (Å²) >= 11 is 0. The molecule has 0 saturated heterocycles. The first kappa shape index (κ1) is 28.2. The molecule has 0 aliphatic carbocycles. The van der Waals surface area contributed by atoms with Gasteiger partial charge in [0.05, 0.1) is 24.3 Å². The summed E-state index contributed by atoms with van der Waals surface area (Å²) in [6.45, 7) is 1.73. The standard InChI is InChI=1S/C25H22F5N3O5S/c1-24(2,35)23(34)32-11-17-13-33(39(36,37)18-8-15(10-31-12-18)25(28,29)30)21-7-14(3-6-22(21)38-17)19-9-16(26)4-5-20(19)27/h3-10,12,17,35H,11,13H2,1-2H3,(H,32,34)/t17-/m0/s1. The summed E-state index contributed by atoms with van der Waals surface area (Å²) in [6, 6.07) is 6.99. The highest BCUT2D eigenvalue weighted by Crippen LogP contribution is 2.41. The highest BCUT2D eigenvalue weighted by Gasteiger charge is 2.38. The van der Waals surface area contributed by atoms with E-state index in [4.69, 9.17) is 4.74 Å². The van der Waals surface area contributed by atoms with Gasteiger partial charge in [-0.25, -0.2) is 17.2 Å². The van der Waals surface area contributed by atoms with Gasteiger partial charge in [0.15, 0.2) is 0 Å². The molecule has 1 amide bonds. The number of nitrogens with zero attached hydrogens (tertiary/aromatic N) is 2. The molecular weight excluding hydrogens is 549 g/mol. The second kappa shape index (κ2) is 10.1. The van der Waals surface area contributed by atoms with E-state index in [1.165, 1.54) is 32.0 Å². The van der Waals surface area contributed by atoms with Gasteiger partial charge in [-0.15, -0.1) is 0 Å². The van der Waals surface area contributed by atoms with Gasteiger partial charge in [-0.2, -0.15) is 13.2 Å². The number of aromatic nitrogens is 1. The Bertz CT molecular complexity index is 1520. The third-order valence-corrected chi connectivity index (χ3v) is 7.55. The van der Waals surface area contributed by atoms with Crippen molar-refractivity contribution in [2.45, 2.75) is 36.6 Å². The Morgan fingerprint density at radius 3 is 2.51 bits per heavy atom. The number of nitrogens with one attached hydrogen (secondary N) is 1. The zero-order chi connectivity index (χ0) is 28.8. The predicted octanol–water partition coefficient (Wildman–Crippen LogP) is 3.89. The fraction of sp³-hybridized carbons (Fsp3) is 0.280. The van der Waals surface area contributed by atoms with Crippen molar-refractivity contribution in [3.63, 3.8) is 0 Å². The number of rotatable bonds is 6. The fourth-order valence-electron chi connectivity index (χ4n) is 3.80. The normalized spacial score (nSPS) is 15.9. The number of anilines is 1. The number of benzene rings is 2. The van der Waals surface area contributed by atoms with Gasteiger partial charge in [0.1, 0.15) is 34.0 Å². The third kappa shape index (κ3) is 5.96. The lowest BCUT2D eigenvalue weighted by atomic mass is 10.0. The molecule has 0 saturated carbocycles. The van der Waals surface area contributed by atoms with Crippen LogP contribution in [0.25, 0.3) is 11.1 Å². The molecule has 8 nitrogen and oxygen atoms in total. The first-order chi connectivity index (χ1) is 18.1. The summed E-state index contributed by atoms with van der Waals surface area (Å²) in [5, 5.41) is 12.3. The van der Waals surface area contributed by atoms with Crippen LogP contribution in [-0.2, 0) is 21.0 Å². The van der Waals surface area contributed by atoms with Crippen molar-refractivity contribution in [3.8, 4) is 16.9 Å². The molecule has 4 rings (SSSR count). The molecule has 3 aromatic rings. The lowest BCUT2D eigenvalue weighted by Gasteiger charge is -2.36. The van der Waals surface area contributed by atoms with Crippen LogP contribution >= 0.6 is 0 Å². The summed E-state index contributed by atoms with van der Waals surface area (Å²) in [4.78, 5) is 14.8. The fourth-order valence-corrected chi connectivity index (χ4v) is 5.29. The van der Waals surface area contributed by atoms with E-state index < -0.39 is 62.4 Å². The van der Waals surface area contributed by atoms with Gasteiger partial charge in [-0.05, 0) is 55.8 Å². The molecule has 0 fully saturated rings. The SMILES string of the molecule is CC(C)(O)C(=O)NC[C@H]1CN(S(=O)(=O)c2cncc(C(F)(F)F)c2)c2cc(-c3cc(F)ccc3F)ccc2O1. The van der Waals surface area contributed by atoms with Crippen molar-refractivity contribution in [2.24, 2.45) is 0 Å². The number of sulfonamides is 1. The minimum atomic E-state index is -4.87. The van der Waals surface area contributed by atoms with E-state index in [1.807, 2.05) is 0 Å². The van der Waals surface area contributed by atoms with Crippen LogP contribution in [0.5, 0.6) is 5.75 Å². The van der Waals surface area contributed by atoms with Crippen LogP contribution in [-0.4, -0.2) is 49.2 Å². The topological polar surface area (TPSA) is 109 Å². The van der Waals surface area contributed by atoms with Crippen LogP contribution in [0.4, 0.5) is 27.6 Å². The maximum absolute atomic E-state index is 14.5. The van der Waals surface area contributed by atoms with Crippen LogP contribution < -0.4 is 14.4 Å². The highest BCUT2D eigenvalue weighted by atomic mass is 32.2. The Hall–Kier alpha value is -3.78. The molecule has 2 aromatic carbocycles. The van der Waals surface area contributed by atoms with Gasteiger partial charge in [0, 0.05) is 18.0 Å². The maximum atomic E-state index is 14.5. The molecule has 1 aliphatic rings. The van der Waals surface area contributed by atoms with E-state index >= 15 is 0 Å². The number of alkyl halides is 3. The molecule has 1 aromatic heterocycles. The largest absolute Gasteiger partial charge is 0.484 e. The first-order valence-corrected chi connectivity index (χ1v) is 12.8. The van der Waals surface area contributed by atoms with Crippen molar-refractivity contribution >= 4 is 21.6 Å². The maximum Gasteiger partial charge on any atom is 0.417 e. The summed E-state index contributed by atoms with van der Waals surface area (Å²) in [5.41, 5.74) is -3.30. The Labute approximate surface area is 220 Å². The lowest BCUT2D eigenvalue weighted by Crippen LogP contribution is -2.51. The predicted molar refractivity (Wildman–Crippen MR) is 129 cm³/mol. The van der Waals surface area contributed by atoms with Crippen LogP contribution in [0.1, 0.15) is 19.4 Å². The lowest BCUT2D eigenvalue weighted by molar-refractivity contribution is -0.138. The molecule has 1 aliphatic heterocycles. The van der Waals surface area contributed by atoms with E-state index in [0.717, 1.165) is 28.7 Å². The molecule has 0 spiro atoms. The van der Waals surface area contributed by atoms with Crippen LogP contribution in [0.2, 0.25) is 0 Å². The van der Waals surface area contributed by atoms with Crippen LogP contribution in [0.3, 0.4) is 0 Å². The van der Waals surface area contributed by atoms with E-state index in [-0.39, 0.29) is 29.1 Å². The summed E-state index contributed by atoms with van der Waals surface area (Å²) < 4.78 is 102. The van der Waals surface area contributed by atoms with Gasteiger partial charge < -0.3 is 15.2 Å². The van der Waals surface area contributed by atoms with Gasteiger partial charge >= 0.3 is 6.18 Å². The molecule has 14 heteroatoms. The second-order valence-corrected chi connectivity index (χ2v) is 11.1. The number of carbonyl (C=O) groups is 1. The van der Waals surface area contributed by atoms with Crippen molar-refractivity contribution in [1.29, 1.82) is 0 Å². The van der Waals surface area contributed by atoms with Crippen molar-refractivity contribution in [2.75, 3.05) is 17.4 Å². The van der Waals surface area contributed by atoms with Gasteiger partial charge in [0.2, 0.25) is 0 Å².